The van der Waals surface area contributed by atoms with Crippen LogP contribution in [0.1, 0.15) is 47.0 Å². The summed E-state index contributed by atoms with van der Waals surface area (Å²) < 4.78 is 0. The van der Waals surface area contributed by atoms with Crippen LogP contribution in [0, 0.1) is 17.8 Å². The first-order valence-corrected chi connectivity index (χ1v) is 4.66. The molecule has 0 aromatic carbocycles. The van der Waals surface area contributed by atoms with E-state index >= 15 is 0 Å². The van der Waals surface area contributed by atoms with Gasteiger partial charge in [0, 0.05) is 6.42 Å². The van der Waals surface area contributed by atoms with Gasteiger partial charge in [-0.05, 0) is 26.2 Å². The van der Waals surface area contributed by atoms with Crippen LogP contribution in [-0.4, -0.2) is 10.7 Å². The summed E-state index contributed by atoms with van der Waals surface area (Å²) in [4.78, 5) is 0. The number of aliphatic hydroxyl groups is 1. The first kappa shape index (κ1) is 11.5. The molecule has 0 aliphatic rings. The second-order valence-electron chi connectivity index (χ2n) is 3.59. The highest BCUT2D eigenvalue weighted by Gasteiger charge is 2.25. The zero-order chi connectivity index (χ0) is 9.61. The van der Waals surface area contributed by atoms with Crippen LogP contribution in [0.2, 0.25) is 0 Å². The number of hydrogen-bond acceptors (Lipinski definition) is 1. The lowest BCUT2D eigenvalue weighted by molar-refractivity contribution is -0.00178. The van der Waals surface area contributed by atoms with Crippen LogP contribution in [0.15, 0.2) is 0 Å². The highest BCUT2D eigenvalue weighted by molar-refractivity contribution is 4.96. The first-order chi connectivity index (χ1) is 5.54. The van der Waals surface area contributed by atoms with Crippen LogP contribution < -0.4 is 0 Å². The standard InChI is InChI=1S/C11H20O/c1-5-7-8-9-11(4,12)10(3)6-2/h10,12H,6,8-9H2,1-4H3. The average molecular weight is 168 g/mol. The van der Waals surface area contributed by atoms with Gasteiger partial charge in [0.15, 0.2) is 0 Å². The van der Waals surface area contributed by atoms with Crippen molar-refractivity contribution in [2.45, 2.75) is 52.6 Å². The summed E-state index contributed by atoms with van der Waals surface area (Å²) in [5.74, 6) is 6.17. The highest BCUT2D eigenvalue weighted by atomic mass is 16.3. The molecular formula is C11H20O. The van der Waals surface area contributed by atoms with Gasteiger partial charge in [0.2, 0.25) is 0 Å². The van der Waals surface area contributed by atoms with Crippen molar-refractivity contribution in [1.29, 1.82) is 0 Å². The summed E-state index contributed by atoms with van der Waals surface area (Å²) in [6.07, 6.45) is 2.60. The van der Waals surface area contributed by atoms with E-state index in [4.69, 9.17) is 0 Å². The summed E-state index contributed by atoms with van der Waals surface area (Å²) in [5, 5.41) is 9.94. The van der Waals surface area contributed by atoms with Crippen LogP contribution in [0.5, 0.6) is 0 Å². The Morgan fingerprint density at radius 1 is 1.50 bits per heavy atom. The zero-order valence-corrected chi connectivity index (χ0v) is 8.65. The fourth-order valence-corrected chi connectivity index (χ4v) is 1.13. The minimum absolute atomic E-state index is 0.358. The van der Waals surface area contributed by atoms with E-state index in [0.29, 0.717) is 5.92 Å². The number of rotatable bonds is 4. The van der Waals surface area contributed by atoms with Crippen LogP contribution >= 0.6 is 0 Å². The van der Waals surface area contributed by atoms with E-state index in [-0.39, 0.29) is 0 Å². The Morgan fingerprint density at radius 3 is 2.50 bits per heavy atom. The molecular weight excluding hydrogens is 148 g/mol. The first-order valence-electron chi connectivity index (χ1n) is 4.66. The molecule has 0 saturated carbocycles. The second-order valence-corrected chi connectivity index (χ2v) is 3.59. The maximum Gasteiger partial charge on any atom is 0.0654 e. The van der Waals surface area contributed by atoms with Gasteiger partial charge in [-0.3, -0.25) is 0 Å². The molecule has 70 valence electrons. The quantitative estimate of drug-likeness (QED) is 0.640. The van der Waals surface area contributed by atoms with Crippen molar-refractivity contribution in [2.75, 3.05) is 0 Å². The Hall–Kier alpha value is -0.480. The van der Waals surface area contributed by atoms with Gasteiger partial charge in [-0.25, -0.2) is 0 Å². The van der Waals surface area contributed by atoms with Gasteiger partial charge in [-0.2, -0.15) is 0 Å². The molecule has 1 nitrogen and oxygen atoms in total. The van der Waals surface area contributed by atoms with E-state index in [9.17, 15) is 5.11 Å². The lowest BCUT2D eigenvalue weighted by Crippen LogP contribution is -2.32. The van der Waals surface area contributed by atoms with Crippen molar-refractivity contribution in [3.63, 3.8) is 0 Å². The SMILES string of the molecule is CC#CCCC(C)(O)C(C)CC. The molecule has 0 saturated heterocycles. The fraction of sp³-hybridized carbons (Fsp3) is 0.818. The van der Waals surface area contributed by atoms with Gasteiger partial charge in [0.1, 0.15) is 0 Å². The summed E-state index contributed by atoms with van der Waals surface area (Å²) in [6.45, 7) is 7.92. The zero-order valence-electron chi connectivity index (χ0n) is 8.65. The number of hydrogen-bond donors (Lipinski definition) is 1. The van der Waals surface area contributed by atoms with Crippen molar-refractivity contribution in [3.05, 3.63) is 0 Å². The van der Waals surface area contributed by atoms with Crippen molar-refractivity contribution in [1.82, 2.24) is 0 Å². The third kappa shape index (κ3) is 3.78. The van der Waals surface area contributed by atoms with E-state index in [2.05, 4.69) is 25.7 Å². The Kier molecular flexibility index (Phi) is 5.01. The molecule has 2 unspecified atom stereocenters. The molecule has 0 heterocycles. The third-order valence-corrected chi connectivity index (χ3v) is 2.61. The van der Waals surface area contributed by atoms with Gasteiger partial charge < -0.3 is 5.11 Å². The fourth-order valence-electron chi connectivity index (χ4n) is 1.13. The van der Waals surface area contributed by atoms with E-state index in [0.717, 1.165) is 19.3 Å². The molecule has 0 aliphatic carbocycles. The summed E-state index contributed by atoms with van der Waals surface area (Å²) in [6, 6.07) is 0. The maximum absolute atomic E-state index is 9.94. The molecule has 0 spiro atoms. The molecule has 0 aliphatic heterocycles. The van der Waals surface area contributed by atoms with E-state index in [1.165, 1.54) is 0 Å². The maximum atomic E-state index is 9.94. The van der Waals surface area contributed by atoms with Gasteiger partial charge in [-0.15, -0.1) is 11.8 Å². The average Bonchev–Trinajstić information content (AvgIpc) is 2.03. The molecule has 0 bridgehead atoms. The van der Waals surface area contributed by atoms with Crippen LogP contribution in [0.3, 0.4) is 0 Å². The van der Waals surface area contributed by atoms with E-state index < -0.39 is 5.60 Å². The van der Waals surface area contributed by atoms with Gasteiger partial charge in [0.25, 0.3) is 0 Å². The minimum Gasteiger partial charge on any atom is -0.390 e. The molecule has 0 radical (unpaired) electrons. The Bertz CT molecular complexity index is 171. The van der Waals surface area contributed by atoms with E-state index in [1.54, 1.807) is 0 Å². The Labute approximate surface area is 76.2 Å². The Morgan fingerprint density at radius 2 is 2.08 bits per heavy atom. The summed E-state index contributed by atoms with van der Waals surface area (Å²) in [7, 11) is 0. The smallest absolute Gasteiger partial charge is 0.0654 e. The van der Waals surface area contributed by atoms with Crippen molar-refractivity contribution < 1.29 is 5.11 Å². The lowest BCUT2D eigenvalue weighted by atomic mass is 9.85. The monoisotopic (exact) mass is 168 g/mol. The second kappa shape index (κ2) is 5.22. The van der Waals surface area contributed by atoms with Gasteiger partial charge in [-0.1, -0.05) is 20.3 Å². The molecule has 0 fully saturated rings. The normalized spacial score (nSPS) is 17.4. The van der Waals surface area contributed by atoms with Crippen LogP contribution in [0.4, 0.5) is 0 Å². The predicted molar refractivity (Wildman–Crippen MR) is 52.8 cm³/mol. The molecule has 1 N–H and O–H groups in total. The summed E-state index contributed by atoms with van der Waals surface area (Å²) in [5.41, 5.74) is -0.543. The topological polar surface area (TPSA) is 20.2 Å². The van der Waals surface area contributed by atoms with Gasteiger partial charge >= 0.3 is 0 Å². The van der Waals surface area contributed by atoms with Crippen LogP contribution in [0.25, 0.3) is 0 Å². The molecule has 2 atom stereocenters. The van der Waals surface area contributed by atoms with Crippen molar-refractivity contribution in [2.24, 2.45) is 5.92 Å². The van der Waals surface area contributed by atoms with Crippen LogP contribution in [-0.2, 0) is 0 Å². The molecule has 0 aromatic rings. The third-order valence-electron chi connectivity index (χ3n) is 2.61. The minimum atomic E-state index is -0.543. The highest BCUT2D eigenvalue weighted by Crippen LogP contribution is 2.24. The Balaban J connectivity index is 3.91. The predicted octanol–water partition coefficient (Wildman–Crippen LogP) is 2.59. The largest absolute Gasteiger partial charge is 0.390 e. The molecule has 0 rings (SSSR count). The molecule has 0 amide bonds. The molecule has 0 aromatic heterocycles. The van der Waals surface area contributed by atoms with E-state index in [1.807, 2.05) is 13.8 Å². The summed E-state index contributed by atoms with van der Waals surface area (Å²) >= 11 is 0. The van der Waals surface area contributed by atoms with Gasteiger partial charge in [0.05, 0.1) is 5.60 Å². The lowest BCUT2D eigenvalue weighted by Gasteiger charge is -2.28. The van der Waals surface area contributed by atoms with Crippen molar-refractivity contribution >= 4 is 0 Å². The molecule has 1 heteroatoms. The molecule has 12 heavy (non-hydrogen) atoms. The van der Waals surface area contributed by atoms with Crippen molar-refractivity contribution in [3.8, 4) is 11.8 Å².